The van der Waals surface area contributed by atoms with Crippen LogP contribution in [0.2, 0.25) is 0 Å². The van der Waals surface area contributed by atoms with Gasteiger partial charge in [0.05, 0.1) is 0 Å². The van der Waals surface area contributed by atoms with Gasteiger partial charge in [0.1, 0.15) is 0 Å². The van der Waals surface area contributed by atoms with Gasteiger partial charge in [-0.2, -0.15) is 0 Å². The summed E-state index contributed by atoms with van der Waals surface area (Å²) in [5, 5.41) is 28.8. The predicted molar refractivity (Wildman–Crippen MR) is 59.8 cm³/mol. The monoisotopic (exact) mass is 353 g/mol. The fourth-order valence-corrected chi connectivity index (χ4v) is 2.04. The molecule has 8 heteroatoms. The second kappa shape index (κ2) is 5.04. The zero-order valence-corrected chi connectivity index (χ0v) is 10.9. The summed E-state index contributed by atoms with van der Waals surface area (Å²) >= 11 is 3.33. The van der Waals surface area contributed by atoms with E-state index in [1.807, 2.05) is 0 Å². The molecule has 0 saturated heterocycles. The quantitative estimate of drug-likeness (QED) is 0.791. The number of hydrogen-bond acceptors (Lipinski definition) is 5. The van der Waals surface area contributed by atoms with E-state index < -0.39 is 15.7 Å². The second-order valence-electron chi connectivity index (χ2n) is 3.80. The number of aliphatic carboxylic acids is 1. The molecule has 0 aliphatic carbocycles. The zero-order chi connectivity index (χ0) is 14.0. The average Bonchev–Trinajstić information content (AvgIpc) is 2.76. The maximum absolute atomic E-state index is 11.0. The first-order chi connectivity index (χ1) is 8.92. The van der Waals surface area contributed by atoms with Gasteiger partial charge in [-0.05, 0) is 0 Å². The molecule has 1 aromatic rings. The second-order valence-corrected chi connectivity index (χ2v) is 4.93. The van der Waals surface area contributed by atoms with Crippen LogP contribution in [0.5, 0.6) is 0 Å². The molecule has 0 amide bonds. The SMILES string of the molecule is O=C(O)Cc1cc([C]2([Ag])C=NN=N2)ccc1C(=O)O. The van der Waals surface area contributed by atoms with Crippen molar-refractivity contribution < 1.29 is 40.9 Å². The summed E-state index contributed by atoms with van der Waals surface area (Å²) in [6.45, 7) is 0. The Hall–Kier alpha value is -1.83. The Morgan fingerprint density at radius 3 is 2.58 bits per heavy atom. The van der Waals surface area contributed by atoms with E-state index in [9.17, 15) is 9.59 Å². The van der Waals surface area contributed by atoms with Crippen molar-refractivity contribution in [2.24, 2.45) is 15.4 Å². The van der Waals surface area contributed by atoms with Crippen LogP contribution >= 0.6 is 0 Å². The molecule has 1 heterocycles. The third kappa shape index (κ3) is 2.78. The molecular formula is C11H8AgN3O4. The fourth-order valence-electron chi connectivity index (χ4n) is 1.66. The van der Waals surface area contributed by atoms with Crippen LogP contribution in [0.1, 0.15) is 21.5 Å². The van der Waals surface area contributed by atoms with Gasteiger partial charge in [0.25, 0.3) is 0 Å². The summed E-state index contributed by atoms with van der Waals surface area (Å²) in [5.41, 5.74) is 0.720. The number of rotatable bonds is 4. The third-order valence-corrected chi connectivity index (χ3v) is 3.28. The normalized spacial score (nSPS) is 20.7. The topological polar surface area (TPSA) is 112 Å². The Kier molecular flexibility index (Phi) is 3.61. The van der Waals surface area contributed by atoms with E-state index in [4.69, 9.17) is 10.2 Å². The molecular weight excluding hydrogens is 346 g/mol. The van der Waals surface area contributed by atoms with Crippen LogP contribution in [0, 0.1) is 0 Å². The Balaban J connectivity index is 2.49. The molecule has 102 valence electrons. The van der Waals surface area contributed by atoms with Crippen molar-refractivity contribution in [2.75, 3.05) is 0 Å². The summed E-state index contributed by atoms with van der Waals surface area (Å²) in [7, 11) is 0. The van der Waals surface area contributed by atoms with Crippen LogP contribution in [0.25, 0.3) is 0 Å². The zero-order valence-electron chi connectivity index (χ0n) is 9.37. The van der Waals surface area contributed by atoms with E-state index in [1.54, 1.807) is 6.07 Å². The molecule has 1 aromatic carbocycles. The molecule has 1 unspecified atom stereocenters. The van der Waals surface area contributed by atoms with Gasteiger partial charge >= 0.3 is 120 Å². The van der Waals surface area contributed by atoms with E-state index in [2.05, 4.69) is 36.5 Å². The van der Waals surface area contributed by atoms with Crippen molar-refractivity contribution in [1.29, 1.82) is 0 Å². The fraction of sp³-hybridized carbons (Fsp3) is 0.182. The molecule has 1 atom stereocenters. The first-order valence-corrected chi connectivity index (χ1v) is 5.86. The molecule has 7 nitrogen and oxygen atoms in total. The van der Waals surface area contributed by atoms with Crippen LogP contribution in [-0.4, -0.2) is 28.4 Å². The number of carbonyl (C=O) groups is 2. The van der Waals surface area contributed by atoms with Gasteiger partial charge in [-0.15, -0.1) is 0 Å². The molecule has 2 N–H and O–H groups in total. The van der Waals surface area contributed by atoms with Crippen molar-refractivity contribution in [2.45, 2.75) is 10.2 Å². The Morgan fingerprint density at radius 2 is 2.05 bits per heavy atom. The predicted octanol–water partition coefficient (Wildman–Crippen LogP) is 1.16. The molecule has 1 aliphatic heterocycles. The Morgan fingerprint density at radius 1 is 1.32 bits per heavy atom. The van der Waals surface area contributed by atoms with Gasteiger partial charge in [-0.25, -0.2) is 0 Å². The Labute approximate surface area is 120 Å². The van der Waals surface area contributed by atoms with Crippen molar-refractivity contribution in [1.82, 2.24) is 0 Å². The molecule has 0 spiro atoms. The van der Waals surface area contributed by atoms with Crippen molar-refractivity contribution in [3.8, 4) is 0 Å². The number of carboxylic acid groups (broad SMARTS) is 2. The number of benzene rings is 1. The summed E-state index contributed by atoms with van der Waals surface area (Å²) in [6, 6.07) is 4.36. The minimum atomic E-state index is -1.17. The van der Waals surface area contributed by atoms with Crippen molar-refractivity contribution in [3.63, 3.8) is 0 Å². The number of hydrogen-bond donors (Lipinski definition) is 2. The van der Waals surface area contributed by atoms with Gasteiger partial charge in [0, 0.05) is 0 Å². The van der Waals surface area contributed by atoms with Crippen LogP contribution in [0.15, 0.2) is 33.6 Å². The van der Waals surface area contributed by atoms with Gasteiger partial charge in [0.2, 0.25) is 0 Å². The standard InChI is InChI=1S/C11H8N3O4.Ag/c15-10(16)4-7-3-6(9-5-12-14-13-9)1-2-8(7)11(17)18;/h1-3,5H,4H2,(H,15,16)(H,17,18);. The van der Waals surface area contributed by atoms with E-state index >= 15 is 0 Å². The number of aromatic carboxylic acids is 1. The van der Waals surface area contributed by atoms with Crippen LogP contribution in [-0.2, 0) is 36.0 Å². The summed E-state index contributed by atoms with van der Waals surface area (Å²) < 4.78 is -0.964. The molecule has 0 aromatic heterocycles. The van der Waals surface area contributed by atoms with E-state index in [1.165, 1.54) is 18.3 Å². The minimum absolute atomic E-state index is 0.0474. The van der Waals surface area contributed by atoms with Crippen molar-refractivity contribution >= 4 is 18.2 Å². The molecule has 2 rings (SSSR count). The maximum atomic E-state index is 11.0. The summed E-state index contributed by atoms with van der Waals surface area (Å²) in [5.74, 6) is -2.28. The summed E-state index contributed by atoms with van der Waals surface area (Å²) in [4.78, 5) is 21.8. The molecule has 1 aliphatic rings. The van der Waals surface area contributed by atoms with E-state index in [0.29, 0.717) is 5.56 Å². The average molecular weight is 354 g/mol. The Bertz CT molecular complexity index is 600. The molecule has 0 saturated carbocycles. The molecule has 0 fully saturated rings. The van der Waals surface area contributed by atoms with Crippen LogP contribution in [0.4, 0.5) is 0 Å². The molecule has 0 bridgehead atoms. The first kappa shape index (κ1) is 13.6. The molecule has 0 radical (unpaired) electrons. The first-order valence-electron chi connectivity index (χ1n) is 5.12. The van der Waals surface area contributed by atoms with E-state index in [0.717, 1.165) is 0 Å². The van der Waals surface area contributed by atoms with Crippen LogP contribution < -0.4 is 0 Å². The van der Waals surface area contributed by atoms with Gasteiger partial charge in [-0.1, -0.05) is 0 Å². The van der Waals surface area contributed by atoms with Gasteiger partial charge in [0.15, 0.2) is 0 Å². The van der Waals surface area contributed by atoms with Gasteiger partial charge in [-0.3, -0.25) is 0 Å². The van der Waals surface area contributed by atoms with Crippen LogP contribution in [0.3, 0.4) is 0 Å². The number of nitrogens with zero attached hydrogens (tertiary/aromatic N) is 3. The van der Waals surface area contributed by atoms with Crippen molar-refractivity contribution in [3.05, 3.63) is 34.9 Å². The third-order valence-electron chi connectivity index (χ3n) is 2.51. The molecule has 19 heavy (non-hydrogen) atoms. The van der Waals surface area contributed by atoms with E-state index in [-0.39, 0.29) is 17.5 Å². The number of carboxylic acids is 2. The summed E-state index contributed by atoms with van der Waals surface area (Å²) in [6.07, 6.45) is 1.05. The van der Waals surface area contributed by atoms with Gasteiger partial charge < -0.3 is 0 Å².